The molecule has 2 rings (SSSR count). The first-order valence-corrected chi connectivity index (χ1v) is 5.47. The zero-order valence-electron chi connectivity index (χ0n) is 9.51. The molecule has 0 fully saturated rings. The van der Waals surface area contributed by atoms with Crippen LogP contribution in [-0.4, -0.2) is 31.5 Å². The Morgan fingerprint density at radius 2 is 2.38 bits per heavy atom. The molecule has 0 saturated heterocycles. The van der Waals surface area contributed by atoms with Crippen molar-refractivity contribution in [3.05, 3.63) is 30.1 Å². The van der Waals surface area contributed by atoms with E-state index >= 15 is 0 Å². The van der Waals surface area contributed by atoms with Gasteiger partial charge < -0.3 is 5.32 Å². The number of hydrogen-bond acceptors (Lipinski definition) is 4. The summed E-state index contributed by atoms with van der Waals surface area (Å²) in [7, 11) is 0. The standard InChI is InChI=1S/C10H16N6/c1-3-11-9(10-12-7-13-15-10)8-5-6-14-16(8)4-2/h5-7,9,11H,3-4H2,1-2H3,(H,12,13,15). The van der Waals surface area contributed by atoms with Gasteiger partial charge in [-0.25, -0.2) is 4.98 Å². The van der Waals surface area contributed by atoms with Gasteiger partial charge in [-0.1, -0.05) is 6.92 Å². The molecule has 6 nitrogen and oxygen atoms in total. The molecule has 1 unspecified atom stereocenters. The summed E-state index contributed by atoms with van der Waals surface area (Å²) >= 11 is 0. The molecule has 0 aliphatic rings. The van der Waals surface area contributed by atoms with E-state index in [2.05, 4.69) is 39.4 Å². The highest BCUT2D eigenvalue weighted by Gasteiger charge is 2.19. The van der Waals surface area contributed by atoms with Gasteiger partial charge >= 0.3 is 0 Å². The van der Waals surface area contributed by atoms with Gasteiger partial charge in [0.2, 0.25) is 0 Å². The Hall–Kier alpha value is -1.69. The van der Waals surface area contributed by atoms with Gasteiger partial charge in [-0.15, -0.1) is 0 Å². The van der Waals surface area contributed by atoms with Crippen molar-refractivity contribution >= 4 is 0 Å². The summed E-state index contributed by atoms with van der Waals surface area (Å²) in [6, 6.07) is 2.02. The molecule has 0 aliphatic carbocycles. The minimum absolute atomic E-state index is 0.0231. The number of H-pyrrole nitrogens is 1. The highest BCUT2D eigenvalue weighted by Crippen LogP contribution is 2.17. The summed E-state index contributed by atoms with van der Waals surface area (Å²) in [5.74, 6) is 0.817. The first kappa shape index (κ1) is 10.8. The van der Waals surface area contributed by atoms with Crippen molar-refractivity contribution in [3.8, 4) is 0 Å². The van der Waals surface area contributed by atoms with Gasteiger partial charge in [-0.05, 0) is 19.5 Å². The van der Waals surface area contributed by atoms with Gasteiger partial charge in [0, 0.05) is 12.7 Å². The molecule has 86 valence electrons. The molecule has 0 aliphatic heterocycles. The number of nitrogens with one attached hydrogen (secondary N) is 2. The molecule has 0 radical (unpaired) electrons. The Bertz CT molecular complexity index is 418. The molecule has 2 N–H and O–H groups in total. The Labute approximate surface area is 94.1 Å². The third kappa shape index (κ3) is 1.96. The van der Waals surface area contributed by atoms with Crippen LogP contribution in [0.1, 0.15) is 31.4 Å². The van der Waals surface area contributed by atoms with Crippen LogP contribution in [0.15, 0.2) is 18.6 Å². The van der Waals surface area contributed by atoms with Crippen LogP contribution in [0.4, 0.5) is 0 Å². The second-order valence-corrected chi connectivity index (χ2v) is 3.43. The van der Waals surface area contributed by atoms with Crippen LogP contribution in [-0.2, 0) is 6.54 Å². The zero-order valence-corrected chi connectivity index (χ0v) is 9.51. The first-order chi connectivity index (χ1) is 7.86. The van der Waals surface area contributed by atoms with Crippen LogP contribution in [0.25, 0.3) is 0 Å². The molecule has 0 saturated carbocycles. The maximum Gasteiger partial charge on any atom is 0.147 e. The molecule has 1 atom stereocenters. The van der Waals surface area contributed by atoms with E-state index < -0.39 is 0 Å². The van der Waals surface area contributed by atoms with E-state index in [1.807, 2.05) is 10.7 Å². The van der Waals surface area contributed by atoms with Crippen molar-refractivity contribution in [2.24, 2.45) is 0 Å². The Balaban J connectivity index is 2.33. The molecule has 0 spiro atoms. The van der Waals surface area contributed by atoms with Crippen LogP contribution in [0.5, 0.6) is 0 Å². The Kier molecular flexibility index (Phi) is 3.31. The van der Waals surface area contributed by atoms with E-state index in [1.54, 1.807) is 6.20 Å². The quantitative estimate of drug-likeness (QED) is 0.779. The van der Waals surface area contributed by atoms with E-state index in [0.29, 0.717) is 0 Å². The van der Waals surface area contributed by atoms with Crippen LogP contribution in [0, 0.1) is 0 Å². The molecule has 16 heavy (non-hydrogen) atoms. The predicted octanol–water partition coefficient (Wildman–Crippen LogP) is 0.720. The number of aryl methyl sites for hydroxylation is 1. The first-order valence-electron chi connectivity index (χ1n) is 5.47. The highest BCUT2D eigenvalue weighted by molar-refractivity contribution is 5.15. The maximum absolute atomic E-state index is 4.26. The summed E-state index contributed by atoms with van der Waals surface area (Å²) in [4.78, 5) is 4.20. The Morgan fingerprint density at radius 1 is 1.50 bits per heavy atom. The monoisotopic (exact) mass is 220 g/mol. The van der Waals surface area contributed by atoms with Crippen molar-refractivity contribution in [2.75, 3.05) is 6.54 Å². The molecule has 2 aromatic rings. The second kappa shape index (κ2) is 4.89. The predicted molar refractivity (Wildman–Crippen MR) is 59.8 cm³/mol. The fraction of sp³-hybridized carbons (Fsp3) is 0.500. The van der Waals surface area contributed by atoms with E-state index in [-0.39, 0.29) is 6.04 Å². The lowest BCUT2D eigenvalue weighted by molar-refractivity contribution is 0.526. The fourth-order valence-corrected chi connectivity index (χ4v) is 1.75. The van der Waals surface area contributed by atoms with E-state index in [4.69, 9.17) is 0 Å². The van der Waals surface area contributed by atoms with E-state index in [1.165, 1.54) is 6.33 Å². The average Bonchev–Trinajstić information content (AvgIpc) is 2.96. The fourth-order valence-electron chi connectivity index (χ4n) is 1.75. The van der Waals surface area contributed by atoms with Gasteiger partial charge in [-0.3, -0.25) is 9.78 Å². The number of aromatic nitrogens is 5. The van der Waals surface area contributed by atoms with Gasteiger partial charge in [-0.2, -0.15) is 10.2 Å². The lowest BCUT2D eigenvalue weighted by Crippen LogP contribution is -2.25. The highest BCUT2D eigenvalue weighted by atomic mass is 15.3. The van der Waals surface area contributed by atoms with Gasteiger partial charge in [0.05, 0.1) is 5.69 Å². The van der Waals surface area contributed by atoms with Gasteiger partial charge in [0.25, 0.3) is 0 Å². The van der Waals surface area contributed by atoms with Gasteiger partial charge in [0.15, 0.2) is 0 Å². The molecule has 0 bridgehead atoms. The minimum Gasteiger partial charge on any atom is -0.303 e. The molecule has 2 heterocycles. The minimum atomic E-state index is 0.0231. The molecule has 0 amide bonds. The number of rotatable bonds is 5. The number of hydrogen-bond donors (Lipinski definition) is 2. The van der Waals surface area contributed by atoms with Crippen LogP contribution in [0.3, 0.4) is 0 Å². The molecular formula is C10H16N6. The van der Waals surface area contributed by atoms with Crippen molar-refractivity contribution < 1.29 is 0 Å². The molecule has 2 aromatic heterocycles. The summed E-state index contributed by atoms with van der Waals surface area (Å²) in [6.07, 6.45) is 3.33. The Morgan fingerprint density at radius 3 is 3.00 bits per heavy atom. The third-order valence-electron chi connectivity index (χ3n) is 2.46. The smallest absolute Gasteiger partial charge is 0.147 e. The van der Waals surface area contributed by atoms with E-state index in [9.17, 15) is 0 Å². The maximum atomic E-state index is 4.26. The normalized spacial score (nSPS) is 12.9. The summed E-state index contributed by atoms with van der Waals surface area (Å²) < 4.78 is 1.95. The molecular weight excluding hydrogens is 204 g/mol. The largest absolute Gasteiger partial charge is 0.303 e. The average molecular weight is 220 g/mol. The van der Waals surface area contributed by atoms with Crippen LogP contribution < -0.4 is 5.32 Å². The lowest BCUT2D eigenvalue weighted by atomic mass is 10.2. The number of nitrogens with zero attached hydrogens (tertiary/aromatic N) is 4. The van der Waals surface area contributed by atoms with Crippen LogP contribution >= 0.6 is 0 Å². The van der Waals surface area contributed by atoms with E-state index in [0.717, 1.165) is 24.6 Å². The molecule has 6 heteroatoms. The summed E-state index contributed by atoms with van der Waals surface area (Å²) in [5.41, 5.74) is 1.10. The van der Waals surface area contributed by atoms with Crippen LogP contribution in [0.2, 0.25) is 0 Å². The second-order valence-electron chi connectivity index (χ2n) is 3.43. The summed E-state index contributed by atoms with van der Waals surface area (Å²) in [6.45, 7) is 5.84. The van der Waals surface area contributed by atoms with Crippen molar-refractivity contribution in [3.63, 3.8) is 0 Å². The molecule has 0 aromatic carbocycles. The topological polar surface area (TPSA) is 71.4 Å². The SMILES string of the molecule is CCNC(c1ncn[nH]1)c1ccnn1CC. The van der Waals surface area contributed by atoms with Crippen molar-refractivity contribution in [1.82, 2.24) is 30.3 Å². The van der Waals surface area contributed by atoms with Crippen molar-refractivity contribution in [1.29, 1.82) is 0 Å². The van der Waals surface area contributed by atoms with Gasteiger partial charge in [0.1, 0.15) is 18.2 Å². The lowest BCUT2D eigenvalue weighted by Gasteiger charge is -2.16. The summed E-state index contributed by atoms with van der Waals surface area (Å²) in [5, 5.41) is 14.4. The zero-order chi connectivity index (χ0) is 11.4. The third-order valence-corrected chi connectivity index (χ3v) is 2.46. The number of aromatic amines is 1. The van der Waals surface area contributed by atoms with Crippen molar-refractivity contribution in [2.45, 2.75) is 26.4 Å².